The molecule has 1 aliphatic heterocycles. The summed E-state index contributed by atoms with van der Waals surface area (Å²) < 4.78 is 1.63. The summed E-state index contributed by atoms with van der Waals surface area (Å²) in [4.78, 5) is 14.1. The van der Waals surface area contributed by atoms with Crippen molar-refractivity contribution in [3.05, 3.63) is 17.5 Å². The molecule has 5 heteroatoms. The third kappa shape index (κ3) is 2.20. The maximum Gasteiger partial charge on any atom is 0.272 e. The van der Waals surface area contributed by atoms with E-state index in [9.17, 15) is 9.90 Å². The normalized spacial score (nSPS) is 19.9. The molecule has 0 bridgehead atoms. The van der Waals surface area contributed by atoms with Crippen molar-refractivity contribution < 1.29 is 9.90 Å². The van der Waals surface area contributed by atoms with E-state index < -0.39 is 0 Å². The van der Waals surface area contributed by atoms with Gasteiger partial charge < -0.3 is 10.0 Å². The van der Waals surface area contributed by atoms with Gasteiger partial charge in [-0.2, -0.15) is 5.10 Å². The standard InChI is InChI=1S/C12H19N3O2/c1-3-9-7-11(14(2)13-9)12(17)15-6-4-5-10(15)8-16/h7,10,16H,3-6,8H2,1-2H3. The first kappa shape index (κ1) is 12.1. The summed E-state index contributed by atoms with van der Waals surface area (Å²) in [6.45, 7) is 2.80. The summed E-state index contributed by atoms with van der Waals surface area (Å²) in [5.41, 5.74) is 1.54. The molecule has 0 aromatic carbocycles. The molecule has 1 saturated heterocycles. The van der Waals surface area contributed by atoms with Crippen molar-refractivity contribution in [2.45, 2.75) is 32.2 Å². The van der Waals surface area contributed by atoms with Crippen LogP contribution in [0.25, 0.3) is 0 Å². The first-order chi connectivity index (χ1) is 8.17. The number of amides is 1. The zero-order chi connectivity index (χ0) is 12.4. The molecule has 0 aliphatic carbocycles. The Bertz CT molecular complexity index is 414. The van der Waals surface area contributed by atoms with Gasteiger partial charge in [0.25, 0.3) is 5.91 Å². The van der Waals surface area contributed by atoms with Gasteiger partial charge >= 0.3 is 0 Å². The fourth-order valence-corrected chi connectivity index (χ4v) is 2.34. The van der Waals surface area contributed by atoms with Gasteiger partial charge in [-0.15, -0.1) is 0 Å². The molecule has 0 spiro atoms. The van der Waals surface area contributed by atoms with E-state index >= 15 is 0 Å². The molecule has 2 heterocycles. The predicted molar refractivity (Wildman–Crippen MR) is 63.7 cm³/mol. The van der Waals surface area contributed by atoms with E-state index in [1.807, 2.05) is 13.0 Å². The van der Waals surface area contributed by atoms with Crippen LogP contribution in [-0.2, 0) is 13.5 Å². The van der Waals surface area contributed by atoms with Crippen molar-refractivity contribution in [1.82, 2.24) is 14.7 Å². The summed E-state index contributed by atoms with van der Waals surface area (Å²) in [6.07, 6.45) is 2.68. The summed E-state index contributed by atoms with van der Waals surface area (Å²) >= 11 is 0. The van der Waals surface area contributed by atoms with Crippen LogP contribution in [0.5, 0.6) is 0 Å². The van der Waals surface area contributed by atoms with Crippen LogP contribution in [0.1, 0.15) is 35.9 Å². The molecule has 1 aromatic rings. The van der Waals surface area contributed by atoms with Gasteiger partial charge in [-0.25, -0.2) is 0 Å². The van der Waals surface area contributed by atoms with Gasteiger partial charge in [-0.3, -0.25) is 9.48 Å². The Morgan fingerprint density at radius 1 is 1.65 bits per heavy atom. The predicted octanol–water partition coefficient (Wildman–Crippen LogP) is 0.579. The quantitative estimate of drug-likeness (QED) is 0.836. The van der Waals surface area contributed by atoms with Crippen LogP contribution in [0.4, 0.5) is 0 Å². The molecule has 2 rings (SSSR count). The van der Waals surface area contributed by atoms with E-state index in [-0.39, 0.29) is 18.6 Å². The molecule has 1 N–H and O–H groups in total. The van der Waals surface area contributed by atoms with Gasteiger partial charge in [0.2, 0.25) is 0 Å². The van der Waals surface area contributed by atoms with Crippen molar-refractivity contribution in [2.24, 2.45) is 7.05 Å². The molecule has 94 valence electrons. The Labute approximate surface area is 101 Å². The van der Waals surface area contributed by atoms with E-state index in [1.54, 1.807) is 16.6 Å². The number of aliphatic hydroxyl groups is 1. The second-order valence-electron chi connectivity index (χ2n) is 4.48. The lowest BCUT2D eigenvalue weighted by Gasteiger charge is -2.22. The van der Waals surface area contributed by atoms with Crippen LogP contribution in [0, 0.1) is 0 Å². The summed E-state index contributed by atoms with van der Waals surface area (Å²) in [6, 6.07) is 1.82. The van der Waals surface area contributed by atoms with Gasteiger partial charge in [0, 0.05) is 13.6 Å². The fourth-order valence-electron chi connectivity index (χ4n) is 2.34. The van der Waals surface area contributed by atoms with Crippen molar-refractivity contribution in [1.29, 1.82) is 0 Å². The maximum atomic E-state index is 12.3. The van der Waals surface area contributed by atoms with Crippen LogP contribution < -0.4 is 0 Å². The first-order valence-corrected chi connectivity index (χ1v) is 6.12. The minimum absolute atomic E-state index is 0.0174. The Balaban J connectivity index is 2.21. The highest BCUT2D eigenvalue weighted by molar-refractivity contribution is 5.93. The van der Waals surface area contributed by atoms with Crippen molar-refractivity contribution in [3.8, 4) is 0 Å². The zero-order valence-corrected chi connectivity index (χ0v) is 10.4. The lowest BCUT2D eigenvalue weighted by Crippen LogP contribution is -2.38. The SMILES string of the molecule is CCc1cc(C(=O)N2CCCC2CO)n(C)n1. The summed E-state index contributed by atoms with van der Waals surface area (Å²) in [5, 5.41) is 13.5. The number of carbonyl (C=O) groups excluding carboxylic acids is 1. The lowest BCUT2D eigenvalue weighted by molar-refractivity contribution is 0.0666. The van der Waals surface area contributed by atoms with Crippen LogP contribution in [0.2, 0.25) is 0 Å². The van der Waals surface area contributed by atoms with E-state index in [0.29, 0.717) is 5.69 Å². The Kier molecular flexibility index (Phi) is 3.47. The lowest BCUT2D eigenvalue weighted by atomic mass is 10.2. The molecule has 1 unspecified atom stereocenters. The van der Waals surface area contributed by atoms with Crippen LogP contribution in [0.3, 0.4) is 0 Å². The fraction of sp³-hybridized carbons (Fsp3) is 0.667. The Hall–Kier alpha value is -1.36. The zero-order valence-electron chi connectivity index (χ0n) is 10.4. The molecule has 0 radical (unpaired) electrons. The molecule has 1 atom stereocenters. The number of hydrogen-bond acceptors (Lipinski definition) is 3. The maximum absolute atomic E-state index is 12.3. The summed E-state index contributed by atoms with van der Waals surface area (Å²) in [7, 11) is 1.79. The van der Waals surface area contributed by atoms with Gasteiger partial charge in [-0.1, -0.05) is 6.92 Å². The van der Waals surface area contributed by atoms with E-state index in [4.69, 9.17) is 0 Å². The smallest absolute Gasteiger partial charge is 0.272 e. The van der Waals surface area contributed by atoms with E-state index in [0.717, 1.165) is 31.5 Å². The minimum atomic E-state index is -0.0255. The van der Waals surface area contributed by atoms with Gasteiger partial charge in [0.05, 0.1) is 18.3 Å². The average molecular weight is 237 g/mol. The van der Waals surface area contributed by atoms with Crippen molar-refractivity contribution >= 4 is 5.91 Å². The Morgan fingerprint density at radius 2 is 2.41 bits per heavy atom. The third-order valence-corrected chi connectivity index (χ3v) is 3.36. The number of aliphatic hydroxyl groups excluding tert-OH is 1. The number of carbonyl (C=O) groups is 1. The van der Waals surface area contributed by atoms with Gasteiger partial charge in [0.15, 0.2) is 0 Å². The molecular formula is C12H19N3O2. The highest BCUT2D eigenvalue weighted by Crippen LogP contribution is 2.19. The highest BCUT2D eigenvalue weighted by atomic mass is 16.3. The van der Waals surface area contributed by atoms with Crippen LogP contribution in [-0.4, -0.2) is 44.9 Å². The molecule has 0 saturated carbocycles. The molecule has 1 amide bonds. The number of likely N-dealkylation sites (tertiary alicyclic amines) is 1. The van der Waals surface area contributed by atoms with Crippen LogP contribution in [0.15, 0.2) is 6.07 Å². The van der Waals surface area contributed by atoms with E-state index in [1.165, 1.54) is 0 Å². The van der Waals surface area contributed by atoms with Crippen molar-refractivity contribution in [3.63, 3.8) is 0 Å². The van der Waals surface area contributed by atoms with Crippen molar-refractivity contribution in [2.75, 3.05) is 13.2 Å². The molecule has 5 nitrogen and oxygen atoms in total. The number of aryl methyl sites for hydroxylation is 2. The van der Waals surface area contributed by atoms with Gasteiger partial charge in [0.1, 0.15) is 5.69 Å². The second-order valence-corrected chi connectivity index (χ2v) is 4.48. The second kappa shape index (κ2) is 4.87. The Morgan fingerprint density at radius 3 is 3.00 bits per heavy atom. The number of rotatable bonds is 3. The molecular weight excluding hydrogens is 218 g/mol. The number of hydrogen-bond donors (Lipinski definition) is 1. The molecule has 1 aromatic heterocycles. The highest BCUT2D eigenvalue weighted by Gasteiger charge is 2.30. The summed E-state index contributed by atoms with van der Waals surface area (Å²) in [5.74, 6) is -0.0174. The molecule has 17 heavy (non-hydrogen) atoms. The monoisotopic (exact) mass is 237 g/mol. The minimum Gasteiger partial charge on any atom is -0.394 e. The third-order valence-electron chi connectivity index (χ3n) is 3.36. The van der Waals surface area contributed by atoms with Gasteiger partial charge in [-0.05, 0) is 25.3 Å². The number of nitrogens with zero attached hydrogens (tertiary/aromatic N) is 3. The molecule has 1 fully saturated rings. The number of aromatic nitrogens is 2. The largest absolute Gasteiger partial charge is 0.394 e. The topological polar surface area (TPSA) is 58.4 Å². The first-order valence-electron chi connectivity index (χ1n) is 6.12. The average Bonchev–Trinajstić information content (AvgIpc) is 2.93. The van der Waals surface area contributed by atoms with Crippen LogP contribution >= 0.6 is 0 Å². The molecule has 1 aliphatic rings. The van der Waals surface area contributed by atoms with E-state index in [2.05, 4.69) is 5.10 Å².